The van der Waals surface area contributed by atoms with Crippen LogP contribution in [0.25, 0.3) is 16.3 Å². The average molecular weight is 427 g/mol. The molecule has 7 nitrogen and oxygen atoms in total. The summed E-state index contributed by atoms with van der Waals surface area (Å²) in [6.07, 6.45) is 1.74. The van der Waals surface area contributed by atoms with E-state index in [9.17, 15) is 4.79 Å². The standard InChI is InChI=1S/C20H22N6OS2/c1-4-25(5-2)16-8-6-14(7-9-16)18-22-23-20(24(18)3)29-13-15-12-17(27)26-10-11-28-19(26)21-15/h6-12H,4-5,13H2,1-3H3. The van der Waals surface area contributed by atoms with Gasteiger partial charge < -0.3 is 9.47 Å². The third-order valence-corrected chi connectivity index (χ3v) is 6.60. The zero-order valence-corrected chi connectivity index (χ0v) is 18.2. The lowest BCUT2D eigenvalue weighted by molar-refractivity contribution is 0.793. The van der Waals surface area contributed by atoms with Gasteiger partial charge in [0.2, 0.25) is 0 Å². The molecule has 4 rings (SSSR count). The summed E-state index contributed by atoms with van der Waals surface area (Å²) >= 11 is 2.98. The Labute approximate surface area is 177 Å². The summed E-state index contributed by atoms with van der Waals surface area (Å²) < 4.78 is 3.54. The predicted molar refractivity (Wildman–Crippen MR) is 119 cm³/mol. The molecule has 0 saturated heterocycles. The van der Waals surface area contributed by atoms with Crippen molar-refractivity contribution in [3.8, 4) is 11.4 Å². The van der Waals surface area contributed by atoms with Crippen LogP contribution in [0.2, 0.25) is 0 Å². The number of fused-ring (bicyclic) bond motifs is 1. The second-order valence-electron chi connectivity index (χ2n) is 6.51. The smallest absolute Gasteiger partial charge is 0.258 e. The van der Waals surface area contributed by atoms with E-state index in [-0.39, 0.29) is 5.56 Å². The van der Waals surface area contributed by atoms with Crippen molar-refractivity contribution in [3.63, 3.8) is 0 Å². The van der Waals surface area contributed by atoms with E-state index in [2.05, 4.69) is 58.2 Å². The molecule has 29 heavy (non-hydrogen) atoms. The van der Waals surface area contributed by atoms with Crippen LogP contribution in [0.5, 0.6) is 0 Å². The summed E-state index contributed by atoms with van der Waals surface area (Å²) in [4.78, 5) is 19.7. The molecule has 3 heterocycles. The van der Waals surface area contributed by atoms with E-state index >= 15 is 0 Å². The molecule has 0 saturated carbocycles. The van der Waals surface area contributed by atoms with E-state index < -0.39 is 0 Å². The molecule has 0 aliphatic rings. The number of aromatic nitrogens is 5. The van der Waals surface area contributed by atoms with Gasteiger partial charge in [-0.3, -0.25) is 9.20 Å². The highest BCUT2D eigenvalue weighted by molar-refractivity contribution is 7.98. The van der Waals surface area contributed by atoms with Gasteiger partial charge in [0.1, 0.15) is 0 Å². The summed E-state index contributed by atoms with van der Waals surface area (Å²) in [6.45, 7) is 6.28. The zero-order chi connectivity index (χ0) is 20.4. The topological polar surface area (TPSA) is 68.3 Å². The SMILES string of the molecule is CCN(CC)c1ccc(-c2nnc(SCc3cc(=O)n4ccsc4n3)n2C)cc1. The Bertz CT molecular complexity index is 1170. The number of rotatable bonds is 7. The van der Waals surface area contributed by atoms with E-state index in [1.54, 1.807) is 16.7 Å². The maximum Gasteiger partial charge on any atom is 0.258 e. The predicted octanol–water partition coefficient (Wildman–Crippen LogP) is 3.69. The quantitative estimate of drug-likeness (QED) is 0.420. The number of benzene rings is 1. The Balaban J connectivity index is 1.51. The highest BCUT2D eigenvalue weighted by Crippen LogP contribution is 2.26. The minimum atomic E-state index is -0.0567. The molecule has 0 bridgehead atoms. The van der Waals surface area contributed by atoms with Crippen molar-refractivity contribution in [1.29, 1.82) is 0 Å². The summed E-state index contributed by atoms with van der Waals surface area (Å²) in [7, 11) is 1.96. The fraction of sp³-hybridized carbons (Fsp3) is 0.300. The molecule has 0 amide bonds. The lowest BCUT2D eigenvalue weighted by atomic mass is 10.2. The molecule has 1 aromatic carbocycles. The van der Waals surface area contributed by atoms with Gasteiger partial charge >= 0.3 is 0 Å². The van der Waals surface area contributed by atoms with Crippen molar-refractivity contribution in [2.75, 3.05) is 18.0 Å². The fourth-order valence-corrected chi connectivity index (χ4v) is 4.74. The number of hydrogen-bond donors (Lipinski definition) is 0. The van der Waals surface area contributed by atoms with Crippen LogP contribution in [0, 0.1) is 0 Å². The van der Waals surface area contributed by atoms with Crippen LogP contribution in [-0.4, -0.2) is 37.2 Å². The third-order valence-electron chi connectivity index (χ3n) is 4.79. The van der Waals surface area contributed by atoms with Gasteiger partial charge in [0, 0.05) is 54.8 Å². The van der Waals surface area contributed by atoms with Crippen LogP contribution in [-0.2, 0) is 12.8 Å². The van der Waals surface area contributed by atoms with Crippen molar-refractivity contribution in [1.82, 2.24) is 24.1 Å². The van der Waals surface area contributed by atoms with Crippen LogP contribution in [0.3, 0.4) is 0 Å². The van der Waals surface area contributed by atoms with Crippen molar-refractivity contribution >= 4 is 33.7 Å². The van der Waals surface area contributed by atoms with E-state index in [1.807, 2.05) is 17.0 Å². The molecule has 9 heteroatoms. The van der Waals surface area contributed by atoms with Crippen molar-refractivity contribution in [2.45, 2.75) is 24.8 Å². The average Bonchev–Trinajstić information content (AvgIpc) is 3.35. The first-order valence-corrected chi connectivity index (χ1v) is 11.3. The second-order valence-corrected chi connectivity index (χ2v) is 8.33. The molecular weight excluding hydrogens is 404 g/mol. The summed E-state index contributed by atoms with van der Waals surface area (Å²) in [5.41, 5.74) is 2.92. The van der Waals surface area contributed by atoms with E-state index in [1.165, 1.54) is 28.8 Å². The Morgan fingerprint density at radius 3 is 2.62 bits per heavy atom. The van der Waals surface area contributed by atoms with E-state index in [4.69, 9.17) is 0 Å². The van der Waals surface area contributed by atoms with E-state index in [0.29, 0.717) is 10.7 Å². The largest absolute Gasteiger partial charge is 0.372 e. The molecule has 0 aliphatic carbocycles. The van der Waals surface area contributed by atoms with Crippen LogP contribution in [0.4, 0.5) is 5.69 Å². The van der Waals surface area contributed by atoms with Gasteiger partial charge in [-0.1, -0.05) is 11.8 Å². The first-order chi connectivity index (χ1) is 14.1. The maximum atomic E-state index is 12.1. The lowest BCUT2D eigenvalue weighted by Gasteiger charge is -2.21. The van der Waals surface area contributed by atoms with Crippen LogP contribution in [0.1, 0.15) is 19.5 Å². The molecule has 0 fully saturated rings. The molecule has 0 N–H and O–H groups in total. The van der Waals surface area contributed by atoms with Gasteiger partial charge in [-0.2, -0.15) is 0 Å². The molecule has 0 radical (unpaired) electrons. The van der Waals surface area contributed by atoms with Crippen LogP contribution >= 0.6 is 23.1 Å². The van der Waals surface area contributed by atoms with Crippen LogP contribution in [0.15, 0.2) is 51.9 Å². The zero-order valence-electron chi connectivity index (χ0n) is 16.6. The van der Waals surface area contributed by atoms with Gasteiger partial charge in [0.15, 0.2) is 15.9 Å². The van der Waals surface area contributed by atoms with Gasteiger partial charge in [-0.15, -0.1) is 21.5 Å². The first kappa shape index (κ1) is 19.7. The Morgan fingerprint density at radius 1 is 1.14 bits per heavy atom. The first-order valence-electron chi connectivity index (χ1n) is 9.44. The van der Waals surface area contributed by atoms with Crippen LogP contribution < -0.4 is 10.5 Å². The molecule has 0 unspecified atom stereocenters. The summed E-state index contributed by atoms with van der Waals surface area (Å²) in [5.74, 6) is 1.39. The normalized spacial score (nSPS) is 11.3. The minimum Gasteiger partial charge on any atom is -0.372 e. The molecule has 0 atom stereocenters. The molecule has 3 aromatic heterocycles. The van der Waals surface area contributed by atoms with E-state index in [0.717, 1.165) is 35.3 Å². The highest BCUT2D eigenvalue weighted by Gasteiger charge is 2.13. The van der Waals surface area contributed by atoms with Crippen molar-refractivity contribution < 1.29 is 0 Å². The second kappa shape index (κ2) is 8.38. The number of hydrogen-bond acceptors (Lipinski definition) is 7. The summed E-state index contributed by atoms with van der Waals surface area (Å²) in [5, 5.41) is 11.4. The molecule has 0 aliphatic heterocycles. The molecule has 150 valence electrons. The molecule has 0 spiro atoms. The van der Waals surface area contributed by atoms with Crippen molar-refractivity contribution in [2.24, 2.45) is 7.05 Å². The lowest BCUT2D eigenvalue weighted by Crippen LogP contribution is -2.21. The highest BCUT2D eigenvalue weighted by atomic mass is 32.2. The Morgan fingerprint density at radius 2 is 1.90 bits per heavy atom. The third kappa shape index (κ3) is 3.92. The van der Waals surface area contributed by atoms with Crippen molar-refractivity contribution in [3.05, 3.63) is 58.0 Å². The number of anilines is 1. The Hall–Kier alpha value is -2.65. The van der Waals surface area contributed by atoms with Gasteiger partial charge in [0.05, 0.1) is 5.69 Å². The number of thioether (sulfide) groups is 1. The summed E-state index contributed by atoms with van der Waals surface area (Å²) in [6, 6.07) is 9.99. The molecule has 4 aromatic rings. The van der Waals surface area contributed by atoms with Gasteiger partial charge in [-0.25, -0.2) is 4.98 Å². The Kier molecular flexibility index (Phi) is 5.68. The number of nitrogens with zero attached hydrogens (tertiary/aromatic N) is 6. The maximum absolute atomic E-state index is 12.1. The monoisotopic (exact) mass is 426 g/mol. The minimum absolute atomic E-state index is 0.0567. The fourth-order valence-electron chi connectivity index (χ4n) is 3.20. The van der Waals surface area contributed by atoms with Gasteiger partial charge in [0.25, 0.3) is 5.56 Å². The van der Waals surface area contributed by atoms with Gasteiger partial charge in [-0.05, 0) is 38.1 Å². The molecular formula is C20H22N6OS2. The number of thiazole rings is 1.